The summed E-state index contributed by atoms with van der Waals surface area (Å²) in [4.78, 5) is 11.8. The number of furan rings is 1. The van der Waals surface area contributed by atoms with Crippen LogP contribution >= 0.6 is 0 Å². The Labute approximate surface area is 104 Å². The SMILES string of the molecule is COCCNCC(=O)c1cc2cccc(F)c2o1. The molecule has 1 heterocycles. The molecule has 1 N–H and O–H groups in total. The highest BCUT2D eigenvalue weighted by Gasteiger charge is 2.13. The van der Waals surface area contributed by atoms with Crippen LogP contribution in [0.25, 0.3) is 11.0 Å². The number of hydrogen-bond acceptors (Lipinski definition) is 4. The van der Waals surface area contributed by atoms with Gasteiger partial charge in [0.2, 0.25) is 5.78 Å². The summed E-state index contributed by atoms with van der Waals surface area (Å²) in [6.45, 7) is 1.25. The van der Waals surface area contributed by atoms with Gasteiger partial charge in [-0.15, -0.1) is 0 Å². The molecule has 18 heavy (non-hydrogen) atoms. The second-order valence-electron chi connectivity index (χ2n) is 3.86. The van der Waals surface area contributed by atoms with Crippen LogP contribution in [0.15, 0.2) is 28.7 Å². The van der Waals surface area contributed by atoms with Crippen LogP contribution in [0.5, 0.6) is 0 Å². The van der Waals surface area contributed by atoms with E-state index in [1.807, 2.05) is 0 Å². The van der Waals surface area contributed by atoms with Gasteiger partial charge in [0.25, 0.3) is 0 Å². The van der Waals surface area contributed by atoms with Gasteiger partial charge in [0.15, 0.2) is 17.2 Å². The number of fused-ring (bicyclic) bond motifs is 1. The minimum Gasteiger partial charge on any atom is -0.450 e. The molecular formula is C13H14FNO3. The van der Waals surface area contributed by atoms with E-state index in [0.29, 0.717) is 18.5 Å². The Morgan fingerprint density at radius 1 is 1.50 bits per heavy atom. The third-order valence-corrected chi connectivity index (χ3v) is 2.54. The number of carbonyl (C=O) groups excluding carboxylic acids is 1. The van der Waals surface area contributed by atoms with Crippen LogP contribution in [-0.2, 0) is 4.74 Å². The number of Topliss-reactive ketones (excluding diaryl/α,β-unsaturated/α-hetero) is 1. The number of nitrogens with one attached hydrogen (secondary N) is 1. The van der Waals surface area contributed by atoms with Gasteiger partial charge in [-0.05, 0) is 12.1 Å². The van der Waals surface area contributed by atoms with Crippen LogP contribution in [0.2, 0.25) is 0 Å². The molecular weight excluding hydrogens is 237 g/mol. The van der Waals surface area contributed by atoms with E-state index in [-0.39, 0.29) is 23.7 Å². The van der Waals surface area contributed by atoms with Gasteiger partial charge in [0.1, 0.15) is 0 Å². The van der Waals surface area contributed by atoms with Crippen molar-refractivity contribution in [2.24, 2.45) is 0 Å². The Kier molecular flexibility index (Phi) is 4.07. The average Bonchev–Trinajstić information content (AvgIpc) is 2.80. The Balaban J connectivity index is 2.06. The summed E-state index contributed by atoms with van der Waals surface area (Å²) in [6, 6.07) is 6.14. The zero-order valence-electron chi connectivity index (χ0n) is 10.0. The van der Waals surface area contributed by atoms with Gasteiger partial charge in [-0.3, -0.25) is 4.79 Å². The van der Waals surface area contributed by atoms with Crippen LogP contribution in [0, 0.1) is 5.82 Å². The van der Waals surface area contributed by atoms with Gasteiger partial charge in [-0.2, -0.15) is 0 Å². The lowest BCUT2D eigenvalue weighted by Gasteiger charge is -2.00. The fraction of sp³-hybridized carbons (Fsp3) is 0.308. The number of hydrogen-bond donors (Lipinski definition) is 1. The lowest BCUT2D eigenvalue weighted by molar-refractivity contribution is 0.0963. The van der Waals surface area contributed by atoms with Crippen molar-refractivity contribution in [3.8, 4) is 0 Å². The monoisotopic (exact) mass is 251 g/mol. The predicted molar refractivity (Wildman–Crippen MR) is 65.2 cm³/mol. The Morgan fingerprint density at radius 2 is 2.33 bits per heavy atom. The molecule has 0 atom stereocenters. The van der Waals surface area contributed by atoms with Gasteiger partial charge < -0.3 is 14.5 Å². The molecule has 0 radical (unpaired) electrons. The fourth-order valence-corrected chi connectivity index (χ4v) is 1.63. The quantitative estimate of drug-likeness (QED) is 0.630. The van der Waals surface area contributed by atoms with Gasteiger partial charge >= 0.3 is 0 Å². The maximum atomic E-state index is 13.4. The highest BCUT2D eigenvalue weighted by atomic mass is 19.1. The number of ketones is 1. The molecule has 5 heteroatoms. The van der Waals surface area contributed by atoms with Crippen molar-refractivity contribution in [3.05, 3.63) is 35.8 Å². The van der Waals surface area contributed by atoms with E-state index in [4.69, 9.17) is 9.15 Å². The summed E-state index contributed by atoms with van der Waals surface area (Å²) in [6.07, 6.45) is 0. The molecule has 0 aliphatic carbocycles. The van der Waals surface area contributed by atoms with E-state index in [2.05, 4.69) is 5.32 Å². The molecule has 96 valence electrons. The van der Waals surface area contributed by atoms with Crippen LogP contribution in [-0.4, -0.2) is 32.6 Å². The molecule has 4 nitrogen and oxygen atoms in total. The largest absolute Gasteiger partial charge is 0.450 e. The van der Waals surface area contributed by atoms with E-state index >= 15 is 0 Å². The average molecular weight is 251 g/mol. The van der Waals surface area contributed by atoms with Crippen molar-refractivity contribution in [2.75, 3.05) is 26.8 Å². The normalized spacial score (nSPS) is 11.0. The van der Waals surface area contributed by atoms with Crippen molar-refractivity contribution in [2.45, 2.75) is 0 Å². The molecule has 1 aromatic heterocycles. The molecule has 0 fully saturated rings. The molecule has 0 aliphatic heterocycles. The number of ether oxygens (including phenoxy) is 1. The summed E-state index contributed by atoms with van der Waals surface area (Å²) < 4.78 is 23.4. The second kappa shape index (κ2) is 5.75. The van der Waals surface area contributed by atoms with Crippen LogP contribution in [0.4, 0.5) is 4.39 Å². The van der Waals surface area contributed by atoms with Crippen molar-refractivity contribution in [1.29, 1.82) is 0 Å². The molecule has 0 saturated carbocycles. The molecule has 2 aromatic rings. The standard InChI is InChI=1S/C13H14FNO3/c1-17-6-5-15-8-11(16)12-7-9-3-2-4-10(14)13(9)18-12/h2-4,7,15H,5-6,8H2,1H3. The minimum absolute atomic E-state index is 0.123. The number of halogens is 1. The van der Waals surface area contributed by atoms with Crippen LogP contribution in [0.1, 0.15) is 10.6 Å². The molecule has 0 amide bonds. The lowest BCUT2D eigenvalue weighted by Crippen LogP contribution is -2.26. The van der Waals surface area contributed by atoms with Crippen molar-refractivity contribution in [3.63, 3.8) is 0 Å². The van der Waals surface area contributed by atoms with Gasteiger partial charge in [0, 0.05) is 19.0 Å². The Morgan fingerprint density at radius 3 is 3.06 bits per heavy atom. The number of methoxy groups -OCH3 is 1. The van der Waals surface area contributed by atoms with E-state index < -0.39 is 5.82 Å². The van der Waals surface area contributed by atoms with Crippen molar-refractivity contribution < 1.29 is 18.3 Å². The first kappa shape index (κ1) is 12.7. The van der Waals surface area contributed by atoms with E-state index in [9.17, 15) is 9.18 Å². The molecule has 0 aliphatic rings. The third kappa shape index (κ3) is 2.75. The third-order valence-electron chi connectivity index (χ3n) is 2.54. The summed E-state index contributed by atoms with van der Waals surface area (Å²) in [5.41, 5.74) is 0.123. The maximum absolute atomic E-state index is 13.4. The minimum atomic E-state index is -0.459. The van der Waals surface area contributed by atoms with Gasteiger partial charge in [-0.1, -0.05) is 12.1 Å². The molecule has 2 rings (SSSR count). The van der Waals surface area contributed by atoms with E-state index in [1.54, 1.807) is 25.3 Å². The molecule has 0 unspecified atom stereocenters. The Hall–Kier alpha value is -1.72. The highest BCUT2D eigenvalue weighted by molar-refractivity contribution is 5.98. The summed E-state index contributed by atoms with van der Waals surface area (Å²) >= 11 is 0. The first-order chi connectivity index (χ1) is 8.72. The van der Waals surface area contributed by atoms with Crippen LogP contribution in [0.3, 0.4) is 0 Å². The second-order valence-corrected chi connectivity index (χ2v) is 3.86. The highest BCUT2D eigenvalue weighted by Crippen LogP contribution is 2.22. The molecule has 1 aromatic carbocycles. The zero-order chi connectivity index (χ0) is 13.0. The summed E-state index contributed by atoms with van der Waals surface area (Å²) in [5, 5.41) is 3.51. The maximum Gasteiger partial charge on any atom is 0.211 e. The van der Waals surface area contributed by atoms with Crippen molar-refractivity contribution >= 4 is 16.8 Å². The van der Waals surface area contributed by atoms with Gasteiger partial charge in [-0.25, -0.2) is 4.39 Å². The molecule has 0 saturated heterocycles. The van der Waals surface area contributed by atoms with E-state index in [1.165, 1.54) is 6.07 Å². The van der Waals surface area contributed by atoms with E-state index in [0.717, 1.165) is 0 Å². The number of para-hydroxylation sites is 1. The molecule has 0 spiro atoms. The smallest absolute Gasteiger partial charge is 0.211 e. The topological polar surface area (TPSA) is 51.5 Å². The van der Waals surface area contributed by atoms with Crippen LogP contribution < -0.4 is 5.32 Å². The first-order valence-electron chi connectivity index (χ1n) is 5.63. The summed E-state index contributed by atoms with van der Waals surface area (Å²) in [7, 11) is 1.59. The fourth-order valence-electron chi connectivity index (χ4n) is 1.63. The predicted octanol–water partition coefficient (Wildman–Crippen LogP) is 1.99. The number of carbonyl (C=O) groups is 1. The lowest BCUT2D eigenvalue weighted by atomic mass is 10.2. The van der Waals surface area contributed by atoms with Gasteiger partial charge in [0.05, 0.1) is 13.2 Å². The summed E-state index contributed by atoms with van der Waals surface area (Å²) in [5.74, 6) is -0.499. The number of benzene rings is 1. The zero-order valence-corrected chi connectivity index (χ0v) is 10.0. The van der Waals surface area contributed by atoms with Crippen molar-refractivity contribution in [1.82, 2.24) is 5.32 Å². The first-order valence-corrected chi connectivity index (χ1v) is 5.63. The Bertz CT molecular complexity index is 550. The number of rotatable bonds is 6. The molecule has 0 bridgehead atoms.